The molecule has 1 unspecified atom stereocenters. The van der Waals surface area contributed by atoms with E-state index >= 15 is 0 Å². The standard InChI is InChI=1S/C47H51IN8O6/c1-5-18-55(46(59)42(28-10-8-7-9-11-28)53-44(57)29-12-13-29)24-39-49-23-37(51-39)31-14-16-33-32(20-31)26-62-38-22-34-30(21-35(33)38)15-17-36-43(34)52-40(50-36)25-56(19-6-2)45(58)41(27(3)48)54-47(60)61-4/h7-11,14-17,20-23,27,29,41-42H,5-6,12-13,18-19,24-26H2,1-4H3,(H,49,51)(H,50,52)(H,53,57)(H,54,60)/t27?,41-,42+/m0/s1. The summed E-state index contributed by atoms with van der Waals surface area (Å²) in [6, 6.07) is 22.5. The first-order valence-electron chi connectivity index (χ1n) is 21.2. The van der Waals surface area contributed by atoms with Crippen LogP contribution in [0.4, 0.5) is 4.79 Å². The molecule has 1 aliphatic carbocycles. The summed E-state index contributed by atoms with van der Waals surface area (Å²) < 4.78 is 11.0. The third-order valence-corrected chi connectivity index (χ3v) is 12.1. The van der Waals surface area contributed by atoms with Crippen molar-refractivity contribution < 1.29 is 28.7 Å². The van der Waals surface area contributed by atoms with Crippen molar-refractivity contribution in [3.8, 4) is 28.1 Å². The summed E-state index contributed by atoms with van der Waals surface area (Å²) in [4.78, 5) is 72.7. The second kappa shape index (κ2) is 18.6. The summed E-state index contributed by atoms with van der Waals surface area (Å²) in [5.41, 5.74) is 7.27. The molecule has 1 aliphatic heterocycles. The molecule has 3 heterocycles. The smallest absolute Gasteiger partial charge is 0.407 e. The third-order valence-electron chi connectivity index (χ3n) is 11.4. The van der Waals surface area contributed by atoms with Gasteiger partial charge in [0.1, 0.15) is 36.1 Å². The molecular weight excluding hydrogens is 899 g/mol. The van der Waals surface area contributed by atoms with E-state index in [2.05, 4.69) is 78.5 Å². The minimum absolute atomic E-state index is 0.0186. The molecule has 14 nitrogen and oxygen atoms in total. The highest BCUT2D eigenvalue weighted by molar-refractivity contribution is 14.1. The fraction of sp³-hybridized carbons (Fsp3) is 0.362. The molecule has 322 valence electrons. The lowest BCUT2D eigenvalue weighted by molar-refractivity contribution is -0.137. The SMILES string of the molecule is CCCN(Cc1nc2c(ccc3cc4c(cc32)OCc2cc(-c3cnc(CN(CCC)C(=O)[C@H](NC(=O)C5CC5)c5ccccc5)[nH]3)ccc2-4)[nH]1)C(=O)[C@@H](NC(=O)OC)C(C)I. The number of halogens is 1. The van der Waals surface area contributed by atoms with E-state index < -0.39 is 18.2 Å². The molecule has 4 amide bonds. The molecule has 6 aromatic rings. The summed E-state index contributed by atoms with van der Waals surface area (Å²) in [5.74, 6) is 1.61. The zero-order valence-corrected chi connectivity index (χ0v) is 37.5. The molecule has 4 N–H and O–H groups in total. The Labute approximate surface area is 373 Å². The number of amides is 4. The number of fused-ring (bicyclic) bond motifs is 6. The summed E-state index contributed by atoms with van der Waals surface area (Å²) in [7, 11) is 1.28. The lowest BCUT2D eigenvalue weighted by atomic mass is 9.92. The van der Waals surface area contributed by atoms with Crippen molar-refractivity contribution >= 4 is 68.2 Å². The number of nitrogens with zero attached hydrogens (tertiary/aromatic N) is 4. The molecule has 62 heavy (non-hydrogen) atoms. The van der Waals surface area contributed by atoms with Gasteiger partial charge in [-0.05, 0) is 77.6 Å². The van der Waals surface area contributed by atoms with Gasteiger partial charge in [-0.25, -0.2) is 14.8 Å². The number of rotatable bonds is 16. The highest BCUT2D eigenvalue weighted by atomic mass is 127. The van der Waals surface area contributed by atoms with Crippen LogP contribution in [0.1, 0.15) is 75.3 Å². The molecular formula is C47H51IN8O6. The summed E-state index contributed by atoms with van der Waals surface area (Å²) in [6.45, 7) is 7.84. The summed E-state index contributed by atoms with van der Waals surface area (Å²) in [5, 5.41) is 7.65. The summed E-state index contributed by atoms with van der Waals surface area (Å²) in [6.07, 6.45) is 4.35. The molecule has 3 atom stereocenters. The van der Waals surface area contributed by atoms with Crippen LogP contribution in [-0.2, 0) is 38.8 Å². The van der Waals surface area contributed by atoms with Crippen LogP contribution in [0.3, 0.4) is 0 Å². The van der Waals surface area contributed by atoms with Gasteiger partial charge >= 0.3 is 6.09 Å². The largest absolute Gasteiger partial charge is 0.488 e. The zero-order valence-electron chi connectivity index (χ0n) is 35.3. The van der Waals surface area contributed by atoms with Gasteiger partial charge in [-0.1, -0.05) is 91.9 Å². The predicted molar refractivity (Wildman–Crippen MR) is 245 cm³/mol. The number of alkyl halides is 1. The molecule has 0 spiro atoms. The van der Waals surface area contributed by atoms with E-state index in [0.717, 1.165) is 86.7 Å². The molecule has 0 bridgehead atoms. The number of benzene rings is 4. The van der Waals surface area contributed by atoms with E-state index in [1.54, 1.807) is 16.0 Å². The lowest BCUT2D eigenvalue weighted by Crippen LogP contribution is -2.52. The molecule has 8 rings (SSSR count). The maximum atomic E-state index is 14.1. The number of aromatic amines is 2. The Hall–Kier alpha value is -5.97. The lowest BCUT2D eigenvalue weighted by Gasteiger charge is -2.28. The molecule has 1 fully saturated rings. The van der Waals surface area contributed by atoms with Gasteiger partial charge in [0.25, 0.3) is 0 Å². The fourth-order valence-corrected chi connectivity index (χ4v) is 8.57. The normalized spacial score (nSPS) is 14.5. The number of hydrogen-bond donors (Lipinski definition) is 4. The second-order valence-corrected chi connectivity index (χ2v) is 18.0. The number of H-pyrrole nitrogens is 2. The Balaban J connectivity index is 1.00. The Morgan fingerprint density at radius 3 is 2.34 bits per heavy atom. The Morgan fingerprint density at radius 1 is 0.887 bits per heavy atom. The van der Waals surface area contributed by atoms with Gasteiger partial charge in [-0.2, -0.15) is 0 Å². The van der Waals surface area contributed by atoms with Gasteiger partial charge < -0.3 is 39.9 Å². The Bertz CT molecular complexity index is 2620. The molecule has 2 aromatic heterocycles. The zero-order chi connectivity index (χ0) is 43.5. The highest BCUT2D eigenvalue weighted by Gasteiger charge is 2.35. The molecule has 4 aromatic carbocycles. The van der Waals surface area contributed by atoms with E-state index in [-0.39, 0.29) is 40.7 Å². The summed E-state index contributed by atoms with van der Waals surface area (Å²) >= 11 is 2.14. The number of hydrogen-bond acceptors (Lipinski definition) is 8. The first kappa shape index (κ1) is 42.7. The molecule has 2 aliphatic rings. The van der Waals surface area contributed by atoms with Crippen LogP contribution in [-0.4, -0.2) is 83.7 Å². The fourth-order valence-electron chi connectivity index (χ4n) is 8.08. The van der Waals surface area contributed by atoms with Gasteiger partial charge in [0.05, 0.1) is 43.1 Å². The first-order valence-corrected chi connectivity index (χ1v) is 22.5. The molecule has 15 heteroatoms. The van der Waals surface area contributed by atoms with Crippen molar-refractivity contribution in [2.45, 2.75) is 82.2 Å². The van der Waals surface area contributed by atoms with Crippen molar-refractivity contribution in [3.05, 3.63) is 102 Å². The van der Waals surface area contributed by atoms with Crippen LogP contribution in [0.25, 0.3) is 44.2 Å². The van der Waals surface area contributed by atoms with E-state index in [1.165, 1.54) is 7.11 Å². The average Bonchev–Trinajstić information content (AvgIpc) is 3.90. The third kappa shape index (κ3) is 9.13. The molecule has 1 saturated carbocycles. The maximum Gasteiger partial charge on any atom is 0.407 e. The number of methoxy groups -OCH3 is 1. The molecule has 0 radical (unpaired) electrons. The van der Waals surface area contributed by atoms with E-state index in [1.807, 2.05) is 63.2 Å². The number of carbonyl (C=O) groups excluding carboxylic acids is 4. The highest BCUT2D eigenvalue weighted by Crippen LogP contribution is 2.42. The van der Waals surface area contributed by atoms with Crippen molar-refractivity contribution in [1.82, 2.24) is 40.4 Å². The maximum absolute atomic E-state index is 14.1. The van der Waals surface area contributed by atoms with Crippen molar-refractivity contribution in [2.75, 3.05) is 20.2 Å². The number of aromatic nitrogens is 4. The van der Waals surface area contributed by atoms with Crippen LogP contribution < -0.4 is 15.4 Å². The van der Waals surface area contributed by atoms with Crippen LogP contribution in [0.15, 0.2) is 79.0 Å². The minimum Gasteiger partial charge on any atom is -0.488 e. The Kier molecular flexibility index (Phi) is 12.8. The minimum atomic E-state index is -0.769. The van der Waals surface area contributed by atoms with E-state index in [4.69, 9.17) is 14.5 Å². The number of nitrogens with one attached hydrogen (secondary N) is 4. The first-order chi connectivity index (χ1) is 30.0. The van der Waals surface area contributed by atoms with E-state index in [0.29, 0.717) is 31.3 Å². The van der Waals surface area contributed by atoms with Gasteiger partial charge in [-0.3, -0.25) is 14.4 Å². The average molecular weight is 951 g/mol. The topological polar surface area (TPSA) is 175 Å². The number of imidazole rings is 2. The van der Waals surface area contributed by atoms with Crippen molar-refractivity contribution in [3.63, 3.8) is 0 Å². The Morgan fingerprint density at radius 2 is 1.63 bits per heavy atom. The van der Waals surface area contributed by atoms with Crippen LogP contribution in [0.5, 0.6) is 5.75 Å². The van der Waals surface area contributed by atoms with Crippen LogP contribution in [0.2, 0.25) is 0 Å². The van der Waals surface area contributed by atoms with Crippen LogP contribution in [0, 0.1) is 5.92 Å². The van der Waals surface area contributed by atoms with Crippen LogP contribution >= 0.6 is 22.6 Å². The second-order valence-electron chi connectivity index (χ2n) is 16.1. The monoisotopic (exact) mass is 950 g/mol. The van der Waals surface area contributed by atoms with Crippen molar-refractivity contribution in [2.24, 2.45) is 5.92 Å². The van der Waals surface area contributed by atoms with E-state index in [9.17, 15) is 19.2 Å². The predicted octanol–water partition coefficient (Wildman–Crippen LogP) is 7.96. The molecule has 0 saturated heterocycles. The number of ether oxygens (including phenoxy) is 2. The number of alkyl carbamates (subject to hydrolysis) is 1. The van der Waals surface area contributed by atoms with Gasteiger partial charge in [-0.15, -0.1) is 0 Å². The van der Waals surface area contributed by atoms with Crippen molar-refractivity contribution in [1.29, 1.82) is 0 Å². The van der Waals surface area contributed by atoms with Gasteiger partial charge in [0, 0.05) is 33.9 Å². The quantitative estimate of drug-likeness (QED) is 0.0559. The van der Waals surface area contributed by atoms with Gasteiger partial charge in [0.15, 0.2) is 0 Å². The van der Waals surface area contributed by atoms with Gasteiger partial charge in [0.2, 0.25) is 17.7 Å². The number of carbonyl (C=O) groups is 4.